The Labute approximate surface area is 160 Å². The molecule has 140 valence electrons. The summed E-state index contributed by atoms with van der Waals surface area (Å²) in [6.07, 6.45) is 1.19. The van der Waals surface area contributed by atoms with Crippen LogP contribution in [0.5, 0.6) is 5.75 Å². The van der Waals surface area contributed by atoms with Gasteiger partial charge in [0.2, 0.25) is 5.78 Å². The first-order valence-electron chi connectivity index (χ1n) is 8.19. The summed E-state index contributed by atoms with van der Waals surface area (Å²) in [5.74, 6) is 0.426. The summed E-state index contributed by atoms with van der Waals surface area (Å²) in [5, 5.41) is 5.28. The number of nitrogens with zero attached hydrogens (tertiary/aromatic N) is 2. The van der Waals surface area contributed by atoms with Gasteiger partial charge < -0.3 is 9.47 Å². The molecule has 0 aliphatic heterocycles. The summed E-state index contributed by atoms with van der Waals surface area (Å²) < 4.78 is 12.1. The van der Waals surface area contributed by atoms with Gasteiger partial charge in [0, 0.05) is 34.2 Å². The maximum Gasteiger partial charge on any atom is 0.411 e. The van der Waals surface area contributed by atoms with Gasteiger partial charge >= 0.3 is 6.09 Å². The van der Waals surface area contributed by atoms with Crippen LogP contribution in [0.2, 0.25) is 0 Å². The van der Waals surface area contributed by atoms with E-state index in [2.05, 4.69) is 15.0 Å². The number of benzene rings is 1. The zero-order valence-electron chi connectivity index (χ0n) is 15.2. The highest BCUT2D eigenvalue weighted by atomic mass is 32.1. The van der Waals surface area contributed by atoms with E-state index in [4.69, 9.17) is 4.74 Å². The van der Waals surface area contributed by atoms with Crippen molar-refractivity contribution in [1.82, 2.24) is 9.55 Å². The number of carbonyl (C=O) groups is 2. The van der Waals surface area contributed by atoms with E-state index >= 15 is 0 Å². The summed E-state index contributed by atoms with van der Waals surface area (Å²) in [6.45, 7) is 3.76. The first kappa shape index (κ1) is 18.7. The molecule has 27 heavy (non-hydrogen) atoms. The molecule has 0 aliphatic carbocycles. The largest absolute Gasteiger partial charge is 0.485 e. The molecular weight excluding hydrogens is 366 g/mol. The van der Waals surface area contributed by atoms with E-state index in [9.17, 15) is 9.59 Å². The number of aryl methyl sites for hydroxylation is 1. The molecule has 3 aromatic rings. The molecule has 0 unspecified atom stereocenters. The van der Waals surface area contributed by atoms with Crippen LogP contribution in [0.1, 0.15) is 21.7 Å². The topological polar surface area (TPSA) is 82.5 Å². The molecule has 7 nitrogen and oxygen atoms in total. The SMILES string of the molecule is COC(=O)Nc1ccc(OCC(=O)c2cc(C)n(-c3nccs3)c2C)cc1. The number of ketones is 1. The van der Waals surface area contributed by atoms with Crippen molar-refractivity contribution in [2.24, 2.45) is 0 Å². The van der Waals surface area contributed by atoms with Gasteiger partial charge in [0.05, 0.1) is 7.11 Å². The molecule has 1 N–H and O–H groups in total. The molecule has 3 rings (SSSR count). The molecule has 1 amide bonds. The van der Waals surface area contributed by atoms with Gasteiger partial charge in [-0.2, -0.15) is 0 Å². The maximum atomic E-state index is 12.6. The standard InChI is InChI=1S/C19H19N3O4S/c1-12-10-16(13(2)22(12)18-20-8-9-27-18)17(23)11-26-15-6-4-14(5-7-15)21-19(24)25-3/h4-10H,11H2,1-3H3,(H,21,24). The predicted octanol–water partition coefficient (Wildman–Crippen LogP) is 3.99. The molecule has 0 fully saturated rings. The van der Waals surface area contributed by atoms with Crippen LogP contribution in [0, 0.1) is 13.8 Å². The molecule has 0 atom stereocenters. The van der Waals surface area contributed by atoms with Crippen molar-refractivity contribution in [2.75, 3.05) is 19.0 Å². The van der Waals surface area contributed by atoms with Crippen molar-refractivity contribution in [1.29, 1.82) is 0 Å². The first-order valence-corrected chi connectivity index (χ1v) is 9.07. The van der Waals surface area contributed by atoms with Crippen LogP contribution in [0.15, 0.2) is 41.9 Å². The Kier molecular flexibility index (Phi) is 5.56. The predicted molar refractivity (Wildman–Crippen MR) is 103 cm³/mol. The number of methoxy groups -OCH3 is 1. The van der Waals surface area contributed by atoms with E-state index < -0.39 is 6.09 Å². The van der Waals surface area contributed by atoms with Gasteiger partial charge in [-0.25, -0.2) is 9.78 Å². The fourth-order valence-corrected chi connectivity index (χ4v) is 3.45. The van der Waals surface area contributed by atoms with E-state index in [1.54, 1.807) is 30.5 Å². The van der Waals surface area contributed by atoms with Crippen LogP contribution in [-0.2, 0) is 4.74 Å². The fourth-order valence-electron chi connectivity index (χ4n) is 2.70. The lowest BCUT2D eigenvalue weighted by molar-refractivity contribution is 0.0921. The minimum Gasteiger partial charge on any atom is -0.485 e. The highest BCUT2D eigenvalue weighted by Crippen LogP contribution is 2.23. The number of amides is 1. The molecule has 2 aromatic heterocycles. The van der Waals surface area contributed by atoms with Crippen LogP contribution >= 0.6 is 11.3 Å². The second kappa shape index (κ2) is 8.05. The Morgan fingerprint density at radius 3 is 2.59 bits per heavy atom. The molecule has 0 saturated heterocycles. The lowest BCUT2D eigenvalue weighted by Crippen LogP contribution is -2.13. The maximum absolute atomic E-state index is 12.6. The number of carbonyl (C=O) groups excluding carboxylic acids is 2. The third-order valence-corrected chi connectivity index (χ3v) is 4.75. The number of Topliss-reactive ketones (excluding diaryl/α,β-unsaturated/α-hetero) is 1. The number of hydrogen-bond donors (Lipinski definition) is 1. The van der Waals surface area contributed by atoms with Crippen LogP contribution in [0.3, 0.4) is 0 Å². The van der Waals surface area contributed by atoms with E-state index in [1.807, 2.05) is 29.9 Å². The Bertz CT molecular complexity index is 946. The van der Waals surface area contributed by atoms with E-state index in [1.165, 1.54) is 18.4 Å². The summed E-state index contributed by atoms with van der Waals surface area (Å²) in [6, 6.07) is 8.55. The van der Waals surface area contributed by atoms with Crippen molar-refractivity contribution in [3.05, 3.63) is 58.9 Å². The number of thiazole rings is 1. The van der Waals surface area contributed by atoms with Gasteiger partial charge in [-0.1, -0.05) is 0 Å². The Morgan fingerprint density at radius 2 is 1.96 bits per heavy atom. The first-order chi connectivity index (χ1) is 13.0. The zero-order chi connectivity index (χ0) is 19.4. The van der Waals surface area contributed by atoms with E-state index in [0.29, 0.717) is 17.0 Å². The molecule has 0 saturated carbocycles. The van der Waals surface area contributed by atoms with Crippen LogP contribution in [-0.4, -0.2) is 35.1 Å². The molecular formula is C19H19N3O4S. The van der Waals surface area contributed by atoms with Crippen molar-refractivity contribution >= 4 is 28.9 Å². The van der Waals surface area contributed by atoms with Gasteiger partial charge in [0.15, 0.2) is 11.7 Å². The van der Waals surface area contributed by atoms with Gasteiger partial charge in [-0.05, 0) is 44.2 Å². The molecule has 0 bridgehead atoms. The van der Waals surface area contributed by atoms with Crippen molar-refractivity contribution < 1.29 is 19.1 Å². The van der Waals surface area contributed by atoms with Gasteiger partial charge in [0.25, 0.3) is 0 Å². The Morgan fingerprint density at radius 1 is 1.22 bits per heavy atom. The zero-order valence-corrected chi connectivity index (χ0v) is 16.0. The summed E-state index contributed by atoms with van der Waals surface area (Å²) >= 11 is 1.52. The second-order valence-electron chi connectivity index (χ2n) is 5.79. The quantitative estimate of drug-likeness (QED) is 0.649. The van der Waals surface area contributed by atoms with Gasteiger partial charge in [0.1, 0.15) is 5.75 Å². The van der Waals surface area contributed by atoms with E-state index in [0.717, 1.165) is 16.5 Å². The fraction of sp³-hybridized carbons (Fsp3) is 0.211. The number of hydrogen-bond acceptors (Lipinski definition) is 6. The van der Waals surface area contributed by atoms with Gasteiger partial charge in [-0.3, -0.25) is 14.7 Å². The molecule has 1 aromatic carbocycles. The van der Waals surface area contributed by atoms with Crippen LogP contribution in [0.4, 0.5) is 10.5 Å². The van der Waals surface area contributed by atoms with Gasteiger partial charge in [-0.15, -0.1) is 11.3 Å². The average Bonchev–Trinajstić information content (AvgIpc) is 3.28. The summed E-state index contributed by atoms with van der Waals surface area (Å²) in [5.41, 5.74) is 2.98. The number of ether oxygens (including phenoxy) is 2. The summed E-state index contributed by atoms with van der Waals surface area (Å²) in [7, 11) is 1.30. The lowest BCUT2D eigenvalue weighted by Gasteiger charge is -2.08. The number of anilines is 1. The number of aromatic nitrogens is 2. The Hall–Kier alpha value is -3.13. The van der Waals surface area contributed by atoms with Crippen molar-refractivity contribution in [2.45, 2.75) is 13.8 Å². The molecule has 8 heteroatoms. The molecule has 0 radical (unpaired) electrons. The highest BCUT2D eigenvalue weighted by molar-refractivity contribution is 7.12. The number of nitrogens with one attached hydrogen (secondary N) is 1. The summed E-state index contributed by atoms with van der Waals surface area (Å²) in [4.78, 5) is 28.1. The smallest absolute Gasteiger partial charge is 0.411 e. The van der Waals surface area contributed by atoms with E-state index in [-0.39, 0.29) is 12.4 Å². The minimum atomic E-state index is -0.547. The minimum absolute atomic E-state index is 0.0774. The second-order valence-corrected chi connectivity index (χ2v) is 6.66. The van der Waals surface area contributed by atoms with Crippen molar-refractivity contribution in [3.8, 4) is 10.9 Å². The van der Waals surface area contributed by atoms with Crippen LogP contribution < -0.4 is 10.1 Å². The molecule has 2 heterocycles. The van der Waals surface area contributed by atoms with Crippen molar-refractivity contribution in [3.63, 3.8) is 0 Å². The average molecular weight is 385 g/mol. The molecule has 0 aliphatic rings. The normalized spacial score (nSPS) is 10.5. The highest BCUT2D eigenvalue weighted by Gasteiger charge is 2.18. The Balaban J connectivity index is 1.66. The lowest BCUT2D eigenvalue weighted by atomic mass is 10.1. The monoisotopic (exact) mass is 385 g/mol. The molecule has 0 spiro atoms. The third-order valence-electron chi connectivity index (χ3n) is 4.00. The van der Waals surface area contributed by atoms with Crippen LogP contribution in [0.25, 0.3) is 5.13 Å². The number of rotatable bonds is 6. The third kappa shape index (κ3) is 4.17.